The van der Waals surface area contributed by atoms with E-state index >= 15 is 0 Å². The van der Waals surface area contributed by atoms with Crippen LogP contribution in [0.4, 0.5) is 0 Å². The number of hydrogen-bond donors (Lipinski definition) is 1. The van der Waals surface area contributed by atoms with Gasteiger partial charge in [-0.1, -0.05) is 5.16 Å². The summed E-state index contributed by atoms with van der Waals surface area (Å²) in [6.07, 6.45) is 0.149. The van der Waals surface area contributed by atoms with Crippen molar-refractivity contribution in [1.82, 2.24) is 15.0 Å². The van der Waals surface area contributed by atoms with Gasteiger partial charge in [0.05, 0.1) is 13.0 Å². The second-order valence-corrected chi connectivity index (χ2v) is 2.77. The molecule has 0 saturated heterocycles. The lowest BCUT2D eigenvalue weighted by molar-refractivity contribution is -0.128. The Hall–Kier alpha value is -1.43. The number of aromatic nitrogens is 2. The lowest BCUT2D eigenvalue weighted by atomic mass is 10.4. The van der Waals surface area contributed by atoms with Gasteiger partial charge in [0.2, 0.25) is 11.8 Å². The minimum atomic E-state index is -0.0654. The van der Waals surface area contributed by atoms with Crippen LogP contribution in [0.5, 0.6) is 0 Å². The van der Waals surface area contributed by atoms with Crippen molar-refractivity contribution in [1.29, 1.82) is 0 Å². The highest BCUT2D eigenvalue weighted by molar-refractivity contribution is 5.77. The number of carbonyl (C=O) groups excluding carboxylic acids is 1. The van der Waals surface area contributed by atoms with Gasteiger partial charge in [-0.2, -0.15) is 4.98 Å². The fourth-order valence-electron chi connectivity index (χ4n) is 0.738. The zero-order chi connectivity index (χ0) is 9.84. The molecule has 0 aromatic carbocycles. The minimum Gasteiger partial charge on any atom is -0.348 e. The van der Waals surface area contributed by atoms with E-state index in [2.05, 4.69) is 10.1 Å². The standard InChI is InChI=1S/C7H12N4O2/c1-11(2)7(12)3-5-9-6(4-8)13-10-5/h3-4,8H2,1-2H3. The van der Waals surface area contributed by atoms with Crippen LogP contribution in [0.25, 0.3) is 0 Å². The molecule has 72 valence electrons. The molecule has 6 heteroatoms. The zero-order valence-corrected chi connectivity index (χ0v) is 7.65. The maximum atomic E-state index is 11.2. The molecule has 0 bridgehead atoms. The summed E-state index contributed by atoms with van der Waals surface area (Å²) in [4.78, 5) is 16.6. The van der Waals surface area contributed by atoms with Crippen LogP contribution in [0, 0.1) is 0 Å². The van der Waals surface area contributed by atoms with Crippen molar-refractivity contribution in [2.75, 3.05) is 14.1 Å². The predicted octanol–water partition coefficient (Wildman–Crippen LogP) is -0.841. The highest BCUT2D eigenvalue weighted by Crippen LogP contribution is 1.98. The van der Waals surface area contributed by atoms with Gasteiger partial charge in [0.1, 0.15) is 0 Å². The second-order valence-electron chi connectivity index (χ2n) is 2.77. The molecule has 2 N–H and O–H groups in total. The molecule has 0 saturated carbocycles. The quantitative estimate of drug-likeness (QED) is 0.662. The molecule has 0 unspecified atom stereocenters. The Morgan fingerprint density at radius 2 is 2.31 bits per heavy atom. The fraction of sp³-hybridized carbons (Fsp3) is 0.571. The van der Waals surface area contributed by atoms with Crippen LogP contribution in [0.15, 0.2) is 4.52 Å². The van der Waals surface area contributed by atoms with Gasteiger partial charge in [-0.15, -0.1) is 0 Å². The summed E-state index contributed by atoms with van der Waals surface area (Å²) >= 11 is 0. The van der Waals surface area contributed by atoms with Crippen molar-refractivity contribution in [3.8, 4) is 0 Å². The molecule has 1 rings (SSSR count). The van der Waals surface area contributed by atoms with E-state index in [1.165, 1.54) is 4.90 Å². The van der Waals surface area contributed by atoms with E-state index in [-0.39, 0.29) is 18.9 Å². The average molecular weight is 184 g/mol. The highest BCUT2D eigenvalue weighted by Gasteiger charge is 2.10. The maximum absolute atomic E-state index is 11.2. The van der Waals surface area contributed by atoms with Gasteiger partial charge in [0, 0.05) is 14.1 Å². The lowest BCUT2D eigenvalue weighted by Gasteiger charge is -2.06. The van der Waals surface area contributed by atoms with Gasteiger partial charge in [0.15, 0.2) is 5.82 Å². The Bertz CT molecular complexity index is 294. The Morgan fingerprint density at radius 3 is 2.77 bits per heavy atom. The van der Waals surface area contributed by atoms with E-state index in [4.69, 9.17) is 10.3 Å². The van der Waals surface area contributed by atoms with E-state index in [1.54, 1.807) is 14.1 Å². The topological polar surface area (TPSA) is 85.2 Å². The molecule has 0 radical (unpaired) electrons. The lowest BCUT2D eigenvalue weighted by Crippen LogP contribution is -2.23. The fourth-order valence-corrected chi connectivity index (χ4v) is 0.738. The molecule has 0 aliphatic carbocycles. The van der Waals surface area contributed by atoms with Crippen LogP contribution in [0.3, 0.4) is 0 Å². The smallest absolute Gasteiger partial charge is 0.240 e. The van der Waals surface area contributed by atoms with Crippen LogP contribution in [-0.4, -0.2) is 35.0 Å². The summed E-state index contributed by atoms with van der Waals surface area (Å²) in [5, 5.41) is 3.60. The van der Waals surface area contributed by atoms with Crippen LogP contribution in [-0.2, 0) is 17.8 Å². The van der Waals surface area contributed by atoms with E-state index in [9.17, 15) is 4.79 Å². The minimum absolute atomic E-state index is 0.0654. The third kappa shape index (κ3) is 2.51. The first kappa shape index (κ1) is 9.66. The van der Waals surface area contributed by atoms with E-state index < -0.39 is 0 Å². The number of hydrogen-bond acceptors (Lipinski definition) is 5. The van der Waals surface area contributed by atoms with E-state index in [0.29, 0.717) is 11.7 Å². The first-order valence-electron chi connectivity index (χ1n) is 3.85. The van der Waals surface area contributed by atoms with Crippen molar-refractivity contribution in [2.24, 2.45) is 5.73 Å². The predicted molar refractivity (Wildman–Crippen MR) is 44.6 cm³/mol. The number of nitrogens with two attached hydrogens (primary N) is 1. The van der Waals surface area contributed by atoms with Crippen molar-refractivity contribution in [2.45, 2.75) is 13.0 Å². The molecule has 1 amide bonds. The molecule has 0 spiro atoms. The van der Waals surface area contributed by atoms with Gasteiger partial charge in [-0.3, -0.25) is 4.79 Å². The monoisotopic (exact) mass is 184 g/mol. The summed E-state index contributed by atoms with van der Waals surface area (Å²) in [5.41, 5.74) is 5.26. The number of nitrogens with zero attached hydrogens (tertiary/aromatic N) is 3. The molecule has 0 aliphatic heterocycles. The van der Waals surface area contributed by atoms with Gasteiger partial charge < -0.3 is 15.2 Å². The summed E-state index contributed by atoms with van der Waals surface area (Å²) < 4.78 is 4.74. The van der Waals surface area contributed by atoms with Gasteiger partial charge in [-0.05, 0) is 0 Å². The van der Waals surface area contributed by atoms with Crippen molar-refractivity contribution in [3.63, 3.8) is 0 Å². The first-order valence-corrected chi connectivity index (χ1v) is 3.85. The normalized spacial score (nSPS) is 10.1. The summed E-state index contributed by atoms with van der Waals surface area (Å²) in [6.45, 7) is 0.198. The van der Waals surface area contributed by atoms with Crippen molar-refractivity contribution in [3.05, 3.63) is 11.7 Å². The molecule has 13 heavy (non-hydrogen) atoms. The van der Waals surface area contributed by atoms with Gasteiger partial charge in [0.25, 0.3) is 0 Å². The van der Waals surface area contributed by atoms with Crippen molar-refractivity contribution < 1.29 is 9.32 Å². The van der Waals surface area contributed by atoms with Gasteiger partial charge in [-0.25, -0.2) is 0 Å². The zero-order valence-electron chi connectivity index (χ0n) is 7.65. The Morgan fingerprint density at radius 1 is 1.62 bits per heavy atom. The first-order chi connectivity index (χ1) is 6.13. The van der Waals surface area contributed by atoms with Crippen molar-refractivity contribution >= 4 is 5.91 Å². The molecular formula is C7H12N4O2. The SMILES string of the molecule is CN(C)C(=O)Cc1noc(CN)n1. The van der Waals surface area contributed by atoms with E-state index in [1.807, 2.05) is 0 Å². The number of amides is 1. The van der Waals surface area contributed by atoms with Gasteiger partial charge >= 0.3 is 0 Å². The third-order valence-corrected chi connectivity index (χ3v) is 1.49. The third-order valence-electron chi connectivity index (χ3n) is 1.49. The average Bonchev–Trinajstić information content (AvgIpc) is 2.52. The number of carbonyl (C=O) groups is 1. The Balaban J connectivity index is 2.59. The van der Waals surface area contributed by atoms with Crippen LogP contribution in [0.1, 0.15) is 11.7 Å². The van der Waals surface area contributed by atoms with Crippen LogP contribution in [0.2, 0.25) is 0 Å². The maximum Gasteiger partial charge on any atom is 0.240 e. The molecule has 6 nitrogen and oxygen atoms in total. The summed E-state index contributed by atoms with van der Waals surface area (Å²) in [6, 6.07) is 0. The Labute approximate surface area is 75.7 Å². The molecule has 0 atom stereocenters. The molecule has 1 heterocycles. The molecule has 0 aliphatic rings. The largest absolute Gasteiger partial charge is 0.348 e. The second kappa shape index (κ2) is 3.99. The number of rotatable bonds is 3. The van der Waals surface area contributed by atoms with E-state index in [0.717, 1.165) is 0 Å². The number of likely N-dealkylation sites (N-methyl/N-ethyl adjacent to an activating group) is 1. The molecule has 0 fully saturated rings. The highest BCUT2D eigenvalue weighted by atomic mass is 16.5. The van der Waals surface area contributed by atoms with Crippen LogP contribution >= 0.6 is 0 Å². The molecular weight excluding hydrogens is 172 g/mol. The molecule has 1 aromatic heterocycles. The Kier molecular flexibility index (Phi) is 2.97. The summed E-state index contributed by atoms with van der Waals surface area (Å²) in [7, 11) is 3.35. The van der Waals surface area contributed by atoms with Crippen LogP contribution < -0.4 is 5.73 Å². The summed E-state index contributed by atoms with van der Waals surface area (Å²) in [5.74, 6) is 0.657. The molecule has 1 aromatic rings.